The maximum absolute atomic E-state index is 11.4. The predicted octanol–water partition coefficient (Wildman–Crippen LogP) is 0.791. The Morgan fingerprint density at radius 1 is 1.37 bits per heavy atom. The molecule has 1 aliphatic rings. The van der Waals surface area contributed by atoms with Crippen LogP contribution in [0.15, 0.2) is 29.5 Å². The molecule has 0 radical (unpaired) electrons. The highest BCUT2D eigenvalue weighted by atomic mass is 16.7. The van der Waals surface area contributed by atoms with Gasteiger partial charge in [0.15, 0.2) is 5.28 Å². The summed E-state index contributed by atoms with van der Waals surface area (Å²) >= 11 is 0. The van der Waals surface area contributed by atoms with Gasteiger partial charge in [-0.05, 0) is 16.8 Å². The quantitative estimate of drug-likeness (QED) is 0.644. The van der Waals surface area contributed by atoms with Crippen molar-refractivity contribution in [3.05, 3.63) is 29.8 Å². The van der Waals surface area contributed by atoms with Gasteiger partial charge < -0.3 is 14.7 Å². The summed E-state index contributed by atoms with van der Waals surface area (Å²) in [5.41, 5.74) is 0.913. The number of Topliss-reactive ketones (excluding diaryl/α,β-unsaturated/α-hetero) is 1. The molecule has 0 bridgehead atoms. The molecule has 2 rings (SSSR count). The van der Waals surface area contributed by atoms with Crippen LogP contribution in [0.4, 0.5) is 5.69 Å². The van der Waals surface area contributed by atoms with Crippen LogP contribution in [-0.2, 0) is 14.4 Å². The summed E-state index contributed by atoms with van der Waals surface area (Å²) < 4.78 is 5.86. The monoisotopic (exact) mass is 265 g/mol. The summed E-state index contributed by atoms with van der Waals surface area (Å²) in [6, 6.07) is 5.38. The van der Waals surface area contributed by atoms with Gasteiger partial charge in [-0.2, -0.15) is 0 Å². The van der Waals surface area contributed by atoms with Crippen LogP contribution in [0.2, 0.25) is 0 Å². The number of ketones is 1. The Morgan fingerprint density at radius 3 is 2.53 bits per heavy atom. The molecule has 19 heavy (non-hydrogen) atoms. The second-order valence-corrected chi connectivity index (χ2v) is 4.02. The first-order chi connectivity index (χ1) is 9.04. The molecule has 1 N–H and O–H groups in total. The Labute approximate surface area is 109 Å². The van der Waals surface area contributed by atoms with Gasteiger partial charge in [-0.25, -0.2) is 4.79 Å². The zero-order valence-corrected chi connectivity index (χ0v) is 10.4. The number of benzene rings is 1. The number of nitrogens with zero attached hydrogens (tertiary/aromatic N) is 2. The second kappa shape index (κ2) is 5.15. The van der Waals surface area contributed by atoms with Crippen LogP contribution in [-0.4, -0.2) is 41.0 Å². The van der Waals surface area contributed by atoms with Crippen molar-refractivity contribution in [3.63, 3.8) is 0 Å². The summed E-state index contributed by atoms with van der Waals surface area (Å²) in [4.78, 5) is 27.4. The Hall–Kier alpha value is -2.28. The molecule has 7 nitrogen and oxygen atoms in total. The van der Waals surface area contributed by atoms with Gasteiger partial charge in [0, 0.05) is 19.1 Å². The summed E-state index contributed by atoms with van der Waals surface area (Å²) in [5, 5.41) is 13.2. The molecule has 0 saturated heterocycles. The number of rotatable bonds is 3. The lowest BCUT2D eigenvalue weighted by molar-refractivity contribution is -0.533. The number of esters is 1. The predicted molar refractivity (Wildman–Crippen MR) is 61.7 cm³/mol. The van der Waals surface area contributed by atoms with Gasteiger partial charge in [0.2, 0.25) is 11.5 Å². The van der Waals surface area contributed by atoms with Crippen molar-refractivity contribution >= 4 is 17.4 Å². The molecule has 100 valence electrons. The van der Waals surface area contributed by atoms with Gasteiger partial charge in [-0.1, -0.05) is 0 Å². The van der Waals surface area contributed by atoms with Gasteiger partial charge in [0.25, 0.3) is 0 Å². The smallest absolute Gasteiger partial charge is 0.337 e. The fourth-order valence-corrected chi connectivity index (χ4v) is 1.78. The number of carbonyl (C=O) groups is 2. The molecule has 1 aromatic carbocycles. The van der Waals surface area contributed by atoms with Gasteiger partial charge in [-0.15, -0.1) is 0 Å². The molecule has 0 spiro atoms. The van der Waals surface area contributed by atoms with E-state index in [-0.39, 0.29) is 5.78 Å². The molecule has 1 aliphatic heterocycles. The van der Waals surface area contributed by atoms with Crippen molar-refractivity contribution in [2.75, 3.05) is 7.11 Å². The first kappa shape index (κ1) is 13.2. The molecule has 0 fully saturated rings. The van der Waals surface area contributed by atoms with Crippen molar-refractivity contribution in [1.82, 2.24) is 0 Å². The third-order valence-electron chi connectivity index (χ3n) is 2.75. The third-order valence-corrected chi connectivity index (χ3v) is 2.75. The van der Waals surface area contributed by atoms with Gasteiger partial charge in [0.1, 0.15) is 0 Å². The van der Waals surface area contributed by atoms with E-state index in [0.29, 0.717) is 11.3 Å². The van der Waals surface area contributed by atoms with Crippen molar-refractivity contribution in [2.24, 2.45) is 5.28 Å². The Morgan fingerprint density at radius 2 is 2.00 bits per heavy atom. The number of ether oxygens (including phenoxy) is 1. The topological polar surface area (TPSA) is 88.2 Å². The number of hydrogen-bond donors (Lipinski definition) is 1. The fourth-order valence-electron chi connectivity index (χ4n) is 1.78. The van der Waals surface area contributed by atoms with Crippen LogP contribution < -0.4 is 0 Å². The summed E-state index contributed by atoms with van der Waals surface area (Å²) in [6.45, 7) is 1.34. The van der Waals surface area contributed by atoms with E-state index in [0.717, 1.165) is 0 Å². The normalized spacial score (nSPS) is 21.5. The Kier molecular flexibility index (Phi) is 3.57. The molecule has 2 unspecified atom stereocenters. The molecular weight excluding hydrogens is 252 g/mol. The lowest BCUT2D eigenvalue weighted by Crippen LogP contribution is -2.35. The SMILES string of the molecule is COC(=O)c1ccc([N+]2=NOC(O)C2C(C)=O)cc1. The second-order valence-electron chi connectivity index (χ2n) is 4.02. The molecule has 0 aliphatic carbocycles. The van der Waals surface area contributed by atoms with E-state index < -0.39 is 18.3 Å². The van der Waals surface area contributed by atoms with E-state index in [4.69, 9.17) is 0 Å². The maximum atomic E-state index is 11.4. The largest absolute Gasteiger partial charge is 0.465 e. The highest BCUT2D eigenvalue weighted by Crippen LogP contribution is 2.23. The van der Waals surface area contributed by atoms with Gasteiger partial charge in [-0.3, -0.25) is 4.79 Å². The van der Waals surface area contributed by atoms with E-state index in [2.05, 4.69) is 14.9 Å². The van der Waals surface area contributed by atoms with Crippen LogP contribution >= 0.6 is 0 Å². The highest BCUT2D eigenvalue weighted by molar-refractivity contribution is 5.89. The summed E-state index contributed by atoms with van der Waals surface area (Å²) in [7, 11) is 1.29. The first-order valence-electron chi connectivity index (χ1n) is 5.57. The fraction of sp³-hybridized carbons (Fsp3) is 0.333. The van der Waals surface area contributed by atoms with Crippen LogP contribution in [0.1, 0.15) is 17.3 Å². The standard InChI is InChI=1S/C12H13N2O5/c1-7(15)10-12(17)19-13-14(10)9-5-3-8(4-6-9)11(16)18-2/h3-6,10,12,17H,1-2H3/q+1. The van der Waals surface area contributed by atoms with Gasteiger partial charge in [0.05, 0.1) is 12.7 Å². The van der Waals surface area contributed by atoms with E-state index in [1.54, 1.807) is 24.3 Å². The van der Waals surface area contributed by atoms with Crippen molar-refractivity contribution < 1.29 is 29.0 Å². The zero-order chi connectivity index (χ0) is 14.0. The van der Waals surface area contributed by atoms with Crippen LogP contribution in [0.5, 0.6) is 0 Å². The number of aliphatic hydroxyl groups is 1. The minimum absolute atomic E-state index is 0.272. The number of methoxy groups -OCH3 is 1. The first-order valence-corrected chi connectivity index (χ1v) is 5.57. The third kappa shape index (κ3) is 2.45. The van der Waals surface area contributed by atoms with E-state index in [9.17, 15) is 14.7 Å². The molecular formula is C12H13N2O5+. The molecule has 7 heteroatoms. The average molecular weight is 265 g/mol. The van der Waals surface area contributed by atoms with Gasteiger partial charge >= 0.3 is 18.3 Å². The van der Waals surface area contributed by atoms with E-state index in [1.807, 2.05) is 0 Å². The Bertz CT molecular complexity index is 538. The van der Waals surface area contributed by atoms with Crippen molar-refractivity contribution in [3.8, 4) is 0 Å². The number of aliphatic hydroxyl groups excluding tert-OH is 1. The minimum Gasteiger partial charge on any atom is -0.465 e. The highest BCUT2D eigenvalue weighted by Gasteiger charge is 2.45. The lowest BCUT2D eigenvalue weighted by Gasteiger charge is -2.04. The molecule has 0 amide bonds. The number of hydrogen-bond acceptors (Lipinski definition) is 6. The number of carbonyl (C=O) groups excluding carboxylic acids is 2. The summed E-state index contributed by atoms with van der Waals surface area (Å²) in [6.07, 6.45) is -1.29. The molecule has 0 saturated carbocycles. The van der Waals surface area contributed by atoms with Crippen molar-refractivity contribution in [2.45, 2.75) is 19.3 Å². The zero-order valence-electron chi connectivity index (χ0n) is 10.4. The maximum Gasteiger partial charge on any atom is 0.337 e. The molecule has 1 heterocycles. The molecule has 2 atom stereocenters. The minimum atomic E-state index is -1.29. The van der Waals surface area contributed by atoms with E-state index >= 15 is 0 Å². The molecule has 0 aromatic heterocycles. The Balaban J connectivity index is 2.28. The van der Waals surface area contributed by atoms with Crippen LogP contribution in [0.3, 0.4) is 0 Å². The molecule has 1 aromatic rings. The van der Waals surface area contributed by atoms with E-state index in [1.165, 1.54) is 18.7 Å². The van der Waals surface area contributed by atoms with Crippen LogP contribution in [0.25, 0.3) is 0 Å². The van der Waals surface area contributed by atoms with Crippen LogP contribution in [0, 0.1) is 0 Å². The van der Waals surface area contributed by atoms with Crippen molar-refractivity contribution in [1.29, 1.82) is 0 Å². The average Bonchev–Trinajstić information content (AvgIpc) is 2.80. The summed E-state index contributed by atoms with van der Waals surface area (Å²) in [5.74, 6) is -0.727. The lowest BCUT2D eigenvalue weighted by atomic mass is 10.1.